The van der Waals surface area contributed by atoms with Gasteiger partial charge in [-0.15, -0.1) is 11.3 Å². The van der Waals surface area contributed by atoms with Gasteiger partial charge in [0.2, 0.25) is 0 Å². The Labute approximate surface area is 212 Å². The summed E-state index contributed by atoms with van der Waals surface area (Å²) in [6.07, 6.45) is 0.773. The highest BCUT2D eigenvalue weighted by Crippen LogP contribution is 2.29. The lowest BCUT2D eigenvalue weighted by Gasteiger charge is -2.28. The number of esters is 1. The van der Waals surface area contributed by atoms with Gasteiger partial charge in [0.05, 0.1) is 23.9 Å². The predicted molar refractivity (Wildman–Crippen MR) is 139 cm³/mol. The van der Waals surface area contributed by atoms with Gasteiger partial charge in [-0.1, -0.05) is 25.1 Å². The molecule has 0 atom stereocenters. The third-order valence-electron chi connectivity index (χ3n) is 6.25. The molecule has 2 aromatic carbocycles. The molecule has 1 aliphatic rings. The predicted octanol–water partition coefficient (Wildman–Crippen LogP) is 4.54. The number of nitrogens with one attached hydrogen (secondary N) is 1. The zero-order chi connectivity index (χ0) is 25.1. The van der Waals surface area contributed by atoms with Gasteiger partial charge in [0.1, 0.15) is 5.75 Å². The van der Waals surface area contributed by atoms with Crippen molar-refractivity contribution in [2.24, 2.45) is 0 Å². The summed E-state index contributed by atoms with van der Waals surface area (Å²) in [5, 5.41) is 5.76. The molecule has 0 spiro atoms. The highest BCUT2D eigenvalue weighted by Gasteiger charge is 2.26. The third kappa shape index (κ3) is 4.93. The summed E-state index contributed by atoms with van der Waals surface area (Å²) < 4.78 is 10.7. The van der Waals surface area contributed by atoms with E-state index in [0.29, 0.717) is 17.2 Å². The van der Waals surface area contributed by atoms with Gasteiger partial charge in [0.25, 0.3) is 5.91 Å². The lowest BCUT2D eigenvalue weighted by atomic mass is 9.96. The monoisotopic (exact) mass is 502 g/mol. The van der Waals surface area contributed by atoms with E-state index in [4.69, 9.17) is 14.5 Å². The number of aromatic nitrogens is 2. The number of amides is 1. The minimum atomic E-state index is -0.518. The van der Waals surface area contributed by atoms with E-state index in [0.717, 1.165) is 58.7 Å². The number of thiazole rings is 1. The number of pyridine rings is 1. The maximum Gasteiger partial charge on any atom is 0.339 e. The fraction of sp³-hybridized carbons (Fsp3) is 0.259. The molecule has 8 nitrogen and oxygen atoms in total. The maximum atomic E-state index is 13.3. The van der Waals surface area contributed by atoms with E-state index < -0.39 is 18.5 Å². The molecule has 0 saturated heterocycles. The van der Waals surface area contributed by atoms with Crippen LogP contribution in [0.1, 0.15) is 28.5 Å². The summed E-state index contributed by atoms with van der Waals surface area (Å²) in [6.45, 7) is 4.11. The first-order valence-electron chi connectivity index (χ1n) is 11.8. The normalized spacial score (nSPS) is 13.3. The number of likely N-dealkylation sites (N-methyl/N-ethyl adjacent to an activating group) is 1. The number of rotatable bonds is 7. The molecular formula is C27H26N4O4S. The lowest BCUT2D eigenvalue weighted by molar-refractivity contribution is -0.119. The standard InChI is InChI=1S/C27H26N4O4S/c1-3-31-13-12-22-20(14-31)25(19-6-4-5-7-21(19)28-22)26(33)35-15-24(32)30-27-29-23(16-36-27)17-8-10-18(34-2)11-9-17/h4-11,16H,3,12-15H2,1-2H3,(H,29,30,32). The summed E-state index contributed by atoms with van der Waals surface area (Å²) in [6, 6.07) is 15.1. The van der Waals surface area contributed by atoms with Gasteiger partial charge in [-0.25, -0.2) is 9.78 Å². The van der Waals surface area contributed by atoms with Crippen LogP contribution in [0.2, 0.25) is 0 Å². The number of para-hydroxylation sites is 1. The van der Waals surface area contributed by atoms with E-state index in [9.17, 15) is 9.59 Å². The van der Waals surface area contributed by atoms with Gasteiger partial charge in [0, 0.05) is 47.1 Å². The number of hydrogen-bond acceptors (Lipinski definition) is 8. The van der Waals surface area contributed by atoms with Crippen LogP contribution in [0.25, 0.3) is 22.2 Å². The Hall–Kier alpha value is -3.82. The topological polar surface area (TPSA) is 93.7 Å². The molecule has 0 aliphatic carbocycles. The van der Waals surface area contributed by atoms with Crippen molar-refractivity contribution in [1.82, 2.24) is 14.9 Å². The van der Waals surface area contributed by atoms with Crippen molar-refractivity contribution in [2.45, 2.75) is 19.9 Å². The summed E-state index contributed by atoms with van der Waals surface area (Å²) in [5.74, 6) is -0.202. The van der Waals surface area contributed by atoms with E-state index in [-0.39, 0.29) is 0 Å². The number of carbonyl (C=O) groups is 2. The zero-order valence-electron chi connectivity index (χ0n) is 20.1. The van der Waals surface area contributed by atoms with Gasteiger partial charge >= 0.3 is 5.97 Å². The fourth-order valence-electron chi connectivity index (χ4n) is 4.33. The molecule has 1 N–H and O–H groups in total. The highest BCUT2D eigenvalue weighted by atomic mass is 32.1. The molecular weight excluding hydrogens is 476 g/mol. The molecule has 0 saturated carbocycles. The number of fused-ring (bicyclic) bond motifs is 2. The van der Waals surface area contributed by atoms with Crippen LogP contribution in [-0.2, 0) is 22.5 Å². The van der Waals surface area contributed by atoms with Crippen LogP contribution in [-0.4, -0.2) is 53.6 Å². The molecule has 3 heterocycles. The SMILES string of the molecule is CCN1CCc2nc3ccccc3c(C(=O)OCC(=O)Nc3nc(-c4ccc(OC)cc4)cs3)c2C1. The first-order chi connectivity index (χ1) is 17.6. The van der Waals surface area contributed by atoms with Gasteiger partial charge < -0.3 is 9.47 Å². The van der Waals surface area contributed by atoms with Gasteiger partial charge in [-0.05, 0) is 36.9 Å². The maximum absolute atomic E-state index is 13.3. The number of anilines is 1. The minimum absolute atomic E-state index is 0.404. The van der Waals surface area contributed by atoms with Gasteiger partial charge in [-0.2, -0.15) is 0 Å². The van der Waals surface area contributed by atoms with Gasteiger partial charge in [-0.3, -0.25) is 20.0 Å². The Morgan fingerprint density at radius 1 is 1.11 bits per heavy atom. The molecule has 2 aromatic heterocycles. The average Bonchev–Trinajstić information content (AvgIpc) is 3.38. The lowest BCUT2D eigenvalue weighted by Crippen LogP contribution is -2.32. The molecule has 184 valence electrons. The van der Waals surface area contributed by atoms with Crippen LogP contribution in [0.4, 0.5) is 5.13 Å². The minimum Gasteiger partial charge on any atom is -0.497 e. The van der Waals surface area contributed by atoms with Crippen LogP contribution in [0.15, 0.2) is 53.9 Å². The second-order valence-electron chi connectivity index (χ2n) is 8.44. The quantitative estimate of drug-likeness (QED) is 0.371. The summed E-state index contributed by atoms with van der Waals surface area (Å²) in [7, 11) is 1.62. The smallest absolute Gasteiger partial charge is 0.339 e. The summed E-state index contributed by atoms with van der Waals surface area (Å²) in [4.78, 5) is 37.3. The zero-order valence-corrected chi connectivity index (χ0v) is 20.9. The van der Waals surface area contributed by atoms with E-state index in [1.54, 1.807) is 7.11 Å². The van der Waals surface area contributed by atoms with E-state index >= 15 is 0 Å². The van der Waals surface area contributed by atoms with E-state index in [1.807, 2.05) is 53.9 Å². The first-order valence-corrected chi connectivity index (χ1v) is 12.6. The van der Waals surface area contributed by atoms with Crippen molar-refractivity contribution in [2.75, 3.05) is 32.1 Å². The number of benzene rings is 2. The largest absolute Gasteiger partial charge is 0.497 e. The number of hydrogen-bond donors (Lipinski definition) is 1. The highest BCUT2D eigenvalue weighted by molar-refractivity contribution is 7.14. The van der Waals surface area contributed by atoms with Crippen molar-refractivity contribution < 1.29 is 19.1 Å². The Bertz CT molecular complexity index is 1420. The number of methoxy groups -OCH3 is 1. The van der Waals surface area contributed by atoms with Crippen molar-refractivity contribution in [3.8, 4) is 17.0 Å². The van der Waals surface area contributed by atoms with Crippen molar-refractivity contribution >= 4 is 39.2 Å². The molecule has 9 heteroatoms. The second-order valence-corrected chi connectivity index (χ2v) is 9.30. The molecule has 0 unspecified atom stereocenters. The Morgan fingerprint density at radius 2 is 1.92 bits per heavy atom. The number of carbonyl (C=O) groups excluding carboxylic acids is 2. The second kappa shape index (κ2) is 10.4. The van der Waals surface area contributed by atoms with Gasteiger partial charge in [0.15, 0.2) is 11.7 Å². The van der Waals surface area contributed by atoms with Crippen LogP contribution >= 0.6 is 11.3 Å². The summed E-state index contributed by atoms with van der Waals surface area (Å²) in [5.41, 5.74) is 4.71. The van der Waals surface area contributed by atoms with Crippen molar-refractivity contribution in [3.05, 3.63) is 70.7 Å². The molecule has 36 heavy (non-hydrogen) atoms. The van der Waals surface area contributed by atoms with Crippen LogP contribution in [0.3, 0.4) is 0 Å². The average molecular weight is 503 g/mol. The van der Waals surface area contributed by atoms with Crippen molar-refractivity contribution in [3.63, 3.8) is 0 Å². The van der Waals surface area contributed by atoms with E-state index in [1.165, 1.54) is 11.3 Å². The molecule has 0 radical (unpaired) electrons. The number of nitrogens with zero attached hydrogens (tertiary/aromatic N) is 3. The Morgan fingerprint density at radius 3 is 2.69 bits per heavy atom. The summed E-state index contributed by atoms with van der Waals surface area (Å²) >= 11 is 1.31. The molecule has 1 aliphatic heterocycles. The molecule has 0 bridgehead atoms. The van der Waals surface area contributed by atoms with Crippen LogP contribution < -0.4 is 10.1 Å². The third-order valence-corrected chi connectivity index (χ3v) is 7.01. The first kappa shape index (κ1) is 23.9. The molecule has 5 rings (SSSR count). The molecule has 1 amide bonds. The Balaban J connectivity index is 1.29. The van der Waals surface area contributed by atoms with Crippen molar-refractivity contribution in [1.29, 1.82) is 0 Å². The van der Waals surface area contributed by atoms with E-state index in [2.05, 4.69) is 22.1 Å². The van der Waals surface area contributed by atoms with Crippen LogP contribution in [0.5, 0.6) is 5.75 Å². The molecule has 0 fully saturated rings. The van der Waals surface area contributed by atoms with Crippen LogP contribution in [0, 0.1) is 0 Å². The fourth-order valence-corrected chi connectivity index (χ4v) is 5.07. The Kier molecular flexibility index (Phi) is 6.92. The number of ether oxygens (including phenoxy) is 2. The molecule has 4 aromatic rings.